The smallest absolute Gasteiger partial charge is 0.343 e. The summed E-state index contributed by atoms with van der Waals surface area (Å²) in [6, 6.07) is 20.5. The highest BCUT2D eigenvalue weighted by atomic mass is 16.5. The van der Waals surface area contributed by atoms with Crippen molar-refractivity contribution in [2.75, 3.05) is 13.2 Å². The van der Waals surface area contributed by atoms with Gasteiger partial charge in [-0.05, 0) is 85.5 Å². The highest BCUT2D eigenvalue weighted by Crippen LogP contribution is 2.19. The van der Waals surface area contributed by atoms with Crippen LogP contribution in [0.25, 0.3) is 0 Å². The maximum atomic E-state index is 12.5. The van der Waals surface area contributed by atoms with Crippen molar-refractivity contribution < 1.29 is 33.3 Å². The number of unbranched alkanes of at least 4 members (excludes halogenated alkanes) is 6. The van der Waals surface area contributed by atoms with Gasteiger partial charge in [-0.15, -0.1) is 0 Å². The van der Waals surface area contributed by atoms with Gasteiger partial charge in [-0.2, -0.15) is 0 Å². The molecule has 0 aliphatic heterocycles. The standard InChI is InChI=1S/C34H38O7/c1-3-26-12-18-30(19-13-26)40-34(37)28-16-22-31(23-17-28)41-33(36)27-14-20-29(21-15-27)38-24-10-8-6-5-7-9-11-25-39-32(35)4-2/h4,12-23H,2-3,5-11,24-25H2,1H3. The molecule has 0 aliphatic carbocycles. The number of carbonyl (C=O) groups excluding carboxylic acids is 3. The van der Waals surface area contributed by atoms with Gasteiger partial charge in [-0.25, -0.2) is 14.4 Å². The Labute approximate surface area is 242 Å². The third-order valence-electron chi connectivity index (χ3n) is 6.40. The Kier molecular flexibility index (Phi) is 13.2. The lowest BCUT2D eigenvalue weighted by Gasteiger charge is -2.08. The number of hydrogen-bond donors (Lipinski definition) is 0. The van der Waals surface area contributed by atoms with Gasteiger partial charge < -0.3 is 18.9 Å². The van der Waals surface area contributed by atoms with Crippen molar-refractivity contribution in [2.45, 2.75) is 58.3 Å². The predicted octanol–water partition coefficient (Wildman–Crippen LogP) is 7.53. The third kappa shape index (κ3) is 11.3. The van der Waals surface area contributed by atoms with Gasteiger partial charge in [0, 0.05) is 6.08 Å². The molecule has 0 heterocycles. The minimum absolute atomic E-state index is 0.329. The molecule has 7 nitrogen and oxygen atoms in total. The number of hydrogen-bond acceptors (Lipinski definition) is 7. The van der Waals surface area contributed by atoms with Crippen LogP contribution in [0, 0.1) is 0 Å². The second-order valence-electron chi connectivity index (χ2n) is 9.52. The lowest BCUT2D eigenvalue weighted by molar-refractivity contribution is -0.137. The summed E-state index contributed by atoms with van der Waals surface area (Å²) >= 11 is 0. The molecule has 41 heavy (non-hydrogen) atoms. The summed E-state index contributed by atoms with van der Waals surface area (Å²) in [6.45, 7) is 6.50. The van der Waals surface area contributed by atoms with Crippen molar-refractivity contribution >= 4 is 17.9 Å². The summed E-state index contributed by atoms with van der Waals surface area (Å²) in [4.78, 5) is 35.9. The summed E-state index contributed by atoms with van der Waals surface area (Å²) in [5, 5.41) is 0. The second kappa shape index (κ2) is 17.3. The Morgan fingerprint density at radius 3 is 1.54 bits per heavy atom. The van der Waals surface area contributed by atoms with Gasteiger partial charge in [0.15, 0.2) is 0 Å². The zero-order valence-electron chi connectivity index (χ0n) is 23.6. The normalized spacial score (nSPS) is 10.5. The van der Waals surface area contributed by atoms with E-state index < -0.39 is 11.9 Å². The fourth-order valence-corrected chi connectivity index (χ4v) is 3.98. The molecule has 0 bridgehead atoms. The monoisotopic (exact) mass is 558 g/mol. The molecule has 3 aromatic carbocycles. The Morgan fingerprint density at radius 1 is 0.610 bits per heavy atom. The summed E-state index contributed by atoms with van der Waals surface area (Å²) in [7, 11) is 0. The summed E-state index contributed by atoms with van der Waals surface area (Å²) < 4.78 is 21.6. The molecule has 0 aromatic heterocycles. The quantitative estimate of drug-likeness (QED) is 0.0732. The van der Waals surface area contributed by atoms with Crippen molar-refractivity contribution in [3.8, 4) is 17.2 Å². The number of rotatable bonds is 17. The Hall–Kier alpha value is -4.39. The van der Waals surface area contributed by atoms with Crippen LogP contribution in [-0.4, -0.2) is 31.1 Å². The number of benzene rings is 3. The van der Waals surface area contributed by atoms with E-state index in [2.05, 4.69) is 13.5 Å². The van der Waals surface area contributed by atoms with E-state index in [1.807, 2.05) is 12.1 Å². The van der Waals surface area contributed by atoms with Gasteiger partial charge in [0.05, 0.1) is 24.3 Å². The molecular weight excluding hydrogens is 520 g/mol. The molecular formula is C34H38O7. The molecule has 0 unspecified atom stereocenters. The van der Waals surface area contributed by atoms with Crippen LogP contribution < -0.4 is 14.2 Å². The van der Waals surface area contributed by atoms with Gasteiger partial charge in [-0.1, -0.05) is 57.7 Å². The SMILES string of the molecule is C=CC(=O)OCCCCCCCCCOc1ccc(C(=O)Oc2ccc(C(=O)Oc3ccc(CC)cc3)cc2)cc1. The zero-order chi connectivity index (χ0) is 29.3. The molecule has 3 rings (SSSR count). The lowest BCUT2D eigenvalue weighted by atomic mass is 10.1. The van der Waals surface area contributed by atoms with E-state index in [0.717, 1.165) is 56.9 Å². The number of esters is 3. The van der Waals surface area contributed by atoms with Crippen LogP contribution in [0.2, 0.25) is 0 Å². The predicted molar refractivity (Wildman–Crippen MR) is 158 cm³/mol. The first kappa shape index (κ1) is 31.1. The van der Waals surface area contributed by atoms with Crippen molar-refractivity contribution in [3.05, 3.63) is 102 Å². The Morgan fingerprint density at radius 2 is 1.05 bits per heavy atom. The molecule has 0 aliphatic rings. The molecule has 0 saturated heterocycles. The van der Waals surface area contributed by atoms with Crippen LogP contribution in [0.1, 0.15) is 78.1 Å². The second-order valence-corrected chi connectivity index (χ2v) is 9.52. The van der Waals surface area contributed by atoms with Crippen LogP contribution in [0.5, 0.6) is 17.2 Å². The van der Waals surface area contributed by atoms with Crippen LogP contribution in [0.3, 0.4) is 0 Å². The molecule has 3 aromatic rings. The van der Waals surface area contributed by atoms with Crippen LogP contribution in [0.4, 0.5) is 0 Å². The fraction of sp³-hybridized carbons (Fsp3) is 0.324. The summed E-state index contributed by atoms with van der Waals surface area (Å²) in [5.74, 6) is 0.157. The van der Waals surface area contributed by atoms with Crippen LogP contribution in [0.15, 0.2) is 85.5 Å². The fourth-order valence-electron chi connectivity index (χ4n) is 3.98. The minimum atomic E-state index is -0.498. The Balaban J connectivity index is 1.31. The van der Waals surface area contributed by atoms with Gasteiger partial charge in [0.1, 0.15) is 17.2 Å². The van der Waals surface area contributed by atoms with E-state index in [0.29, 0.717) is 41.6 Å². The molecule has 7 heteroatoms. The Bertz CT molecular complexity index is 1250. The first-order valence-electron chi connectivity index (χ1n) is 14.1. The first-order valence-corrected chi connectivity index (χ1v) is 14.1. The molecule has 0 saturated carbocycles. The molecule has 0 atom stereocenters. The molecule has 0 radical (unpaired) electrons. The molecule has 0 fully saturated rings. The average Bonchev–Trinajstić information content (AvgIpc) is 3.00. The molecule has 0 spiro atoms. The number of ether oxygens (including phenoxy) is 4. The van der Waals surface area contributed by atoms with E-state index in [1.54, 1.807) is 60.7 Å². The maximum absolute atomic E-state index is 12.5. The van der Waals surface area contributed by atoms with Crippen molar-refractivity contribution in [2.24, 2.45) is 0 Å². The highest BCUT2D eigenvalue weighted by molar-refractivity contribution is 5.92. The highest BCUT2D eigenvalue weighted by Gasteiger charge is 2.12. The van der Waals surface area contributed by atoms with E-state index in [-0.39, 0.29) is 5.97 Å². The average molecular weight is 559 g/mol. The van der Waals surface area contributed by atoms with Gasteiger partial charge in [0.2, 0.25) is 0 Å². The molecule has 0 amide bonds. The van der Waals surface area contributed by atoms with Crippen LogP contribution >= 0.6 is 0 Å². The number of aryl methyl sites for hydroxylation is 1. The van der Waals surface area contributed by atoms with E-state index in [9.17, 15) is 14.4 Å². The lowest BCUT2D eigenvalue weighted by Crippen LogP contribution is -2.10. The van der Waals surface area contributed by atoms with Gasteiger partial charge >= 0.3 is 17.9 Å². The van der Waals surface area contributed by atoms with Crippen molar-refractivity contribution in [1.82, 2.24) is 0 Å². The van der Waals surface area contributed by atoms with E-state index >= 15 is 0 Å². The van der Waals surface area contributed by atoms with Crippen LogP contribution in [-0.2, 0) is 16.0 Å². The third-order valence-corrected chi connectivity index (χ3v) is 6.40. The summed E-state index contributed by atoms with van der Waals surface area (Å²) in [5.41, 5.74) is 1.92. The topological polar surface area (TPSA) is 88.1 Å². The van der Waals surface area contributed by atoms with Gasteiger partial charge in [0.25, 0.3) is 0 Å². The zero-order valence-corrected chi connectivity index (χ0v) is 23.6. The first-order chi connectivity index (χ1) is 20.0. The van der Waals surface area contributed by atoms with E-state index in [4.69, 9.17) is 18.9 Å². The summed E-state index contributed by atoms with van der Waals surface area (Å²) in [6.07, 6.45) is 9.46. The van der Waals surface area contributed by atoms with Crippen molar-refractivity contribution in [3.63, 3.8) is 0 Å². The minimum Gasteiger partial charge on any atom is -0.494 e. The molecule has 0 N–H and O–H groups in total. The molecule has 216 valence electrons. The van der Waals surface area contributed by atoms with Crippen molar-refractivity contribution in [1.29, 1.82) is 0 Å². The number of carbonyl (C=O) groups is 3. The largest absolute Gasteiger partial charge is 0.494 e. The van der Waals surface area contributed by atoms with E-state index in [1.165, 1.54) is 6.08 Å². The van der Waals surface area contributed by atoms with Gasteiger partial charge in [-0.3, -0.25) is 0 Å². The maximum Gasteiger partial charge on any atom is 0.343 e.